The molecule has 3 N–H and O–H groups in total. The summed E-state index contributed by atoms with van der Waals surface area (Å²) >= 11 is 5.13. The number of piperidine rings is 1. The zero-order valence-electron chi connectivity index (χ0n) is 11.8. The smallest absolute Gasteiger partial charge is 0.106 e. The standard InChI is InChI=1S/C15H23N3S/c1-11-6-5-8-13(15(16)19)14(11)17-10-12-7-3-4-9-18(12)2/h5-6,8,12,17H,3-4,7,9-10H2,1-2H3,(H2,16,19). The molecule has 0 spiro atoms. The summed E-state index contributed by atoms with van der Waals surface area (Å²) in [4.78, 5) is 2.90. The highest BCUT2D eigenvalue weighted by molar-refractivity contribution is 7.80. The molecule has 2 rings (SSSR count). The van der Waals surface area contributed by atoms with Gasteiger partial charge in [-0.2, -0.15) is 0 Å². The topological polar surface area (TPSA) is 41.3 Å². The number of para-hydroxylation sites is 1. The molecule has 1 aromatic carbocycles. The minimum absolute atomic E-state index is 0.461. The third-order valence-corrected chi connectivity index (χ3v) is 4.19. The van der Waals surface area contributed by atoms with Crippen LogP contribution in [0.3, 0.4) is 0 Å². The van der Waals surface area contributed by atoms with Crippen molar-refractivity contribution in [2.24, 2.45) is 5.73 Å². The van der Waals surface area contributed by atoms with Crippen LogP contribution in [0.25, 0.3) is 0 Å². The van der Waals surface area contributed by atoms with Crippen LogP contribution in [0.1, 0.15) is 30.4 Å². The first-order valence-corrected chi connectivity index (χ1v) is 7.34. The Bertz CT molecular complexity index is 459. The third kappa shape index (κ3) is 3.45. The maximum atomic E-state index is 5.80. The number of benzene rings is 1. The average molecular weight is 277 g/mol. The predicted octanol–water partition coefficient (Wildman–Crippen LogP) is 2.53. The van der Waals surface area contributed by atoms with Gasteiger partial charge in [0.2, 0.25) is 0 Å². The first kappa shape index (κ1) is 14.3. The molecular weight excluding hydrogens is 254 g/mol. The van der Waals surface area contributed by atoms with Crippen LogP contribution in [0, 0.1) is 6.92 Å². The number of nitrogens with two attached hydrogens (primary N) is 1. The van der Waals surface area contributed by atoms with E-state index in [1.54, 1.807) is 0 Å². The molecule has 0 radical (unpaired) electrons. The van der Waals surface area contributed by atoms with Gasteiger partial charge < -0.3 is 16.0 Å². The first-order valence-electron chi connectivity index (χ1n) is 6.93. The van der Waals surface area contributed by atoms with Gasteiger partial charge in [-0.3, -0.25) is 0 Å². The van der Waals surface area contributed by atoms with Crippen molar-refractivity contribution >= 4 is 22.9 Å². The first-order chi connectivity index (χ1) is 9.09. The molecule has 1 aliphatic heterocycles. The highest BCUT2D eigenvalue weighted by Gasteiger charge is 2.19. The molecule has 19 heavy (non-hydrogen) atoms. The van der Waals surface area contributed by atoms with Crippen molar-refractivity contribution in [2.45, 2.75) is 32.2 Å². The average Bonchev–Trinajstić information content (AvgIpc) is 2.38. The Balaban J connectivity index is 2.08. The minimum atomic E-state index is 0.461. The van der Waals surface area contributed by atoms with Crippen LogP contribution in [0.5, 0.6) is 0 Å². The zero-order chi connectivity index (χ0) is 13.8. The van der Waals surface area contributed by atoms with E-state index in [1.807, 2.05) is 12.1 Å². The number of anilines is 1. The number of aryl methyl sites for hydroxylation is 1. The van der Waals surface area contributed by atoms with Gasteiger partial charge in [-0.15, -0.1) is 0 Å². The van der Waals surface area contributed by atoms with Crippen LogP contribution in [0.4, 0.5) is 5.69 Å². The van der Waals surface area contributed by atoms with Gasteiger partial charge in [0.05, 0.1) is 0 Å². The van der Waals surface area contributed by atoms with Crippen molar-refractivity contribution in [1.82, 2.24) is 4.90 Å². The number of thiocarbonyl (C=S) groups is 1. The SMILES string of the molecule is Cc1cccc(C(N)=S)c1NCC1CCCCN1C. The molecule has 1 heterocycles. The Morgan fingerprint density at radius 1 is 1.47 bits per heavy atom. The number of hydrogen-bond donors (Lipinski definition) is 2. The fourth-order valence-corrected chi connectivity index (χ4v) is 2.90. The van der Waals surface area contributed by atoms with E-state index in [1.165, 1.54) is 31.4 Å². The van der Waals surface area contributed by atoms with Crippen LogP contribution in [-0.4, -0.2) is 36.1 Å². The van der Waals surface area contributed by atoms with Gasteiger partial charge in [0, 0.05) is 23.8 Å². The molecule has 0 saturated carbocycles. The molecule has 1 saturated heterocycles. The van der Waals surface area contributed by atoms with Crippen molar-refractivity contribution in [2.75, 3.05) is 25.5 Å². The van der Waals surface area contributed by atoms with Crippen LogP contribution >= 0.6 is 12.2 Å². The van der Waals surface area contributed by atoms with Gasteiger partial charge in [-0.25, -0.2) is 0 Å². The van der Waals surface area contributed by atoms with E-state index in [-0.39, 0.29) is 0 Å². The second-order valence-corrected chi connectivity index (χ2v) is 5.81. The summed E-state index contributed by atoms with van der Waals surface area (Å²) < 4.78 is 0. The van der Waals surface area contributed by atoms with E-state index in [2.05, 4.69) is 30.3 Å². The normalized spacial score (nSPS) is 20.2. The lowest BCUT2D eigenvalue weighted by Gasteiger charge is -2.33. The van der Waals surface area contributed by atoms with Gasteiger partial charge >= 0.3 is 0 Å². The number of likely N-dealkylation sites (tertiary alicyclic amines) is 1. The van der Waals surface area contributed by atoms with E-state index in [9.17, 15) is 0 Å². The predicted molar refractivity (Wildman–Crippen MR) is 85.8 cm³/mol. The van der Waals surface area contributed by atoms with Crippen LogP contribution < -0.4 is 11.1 Å². The fourth-order valence-electron chi connectivity index (χ4n) is 2.73. The van der Waals surface area contributed by atoms with Gasteiger partial charge in [-0.1, -0.05) is 30.8 Å². The van der Waals surface area contributed by atoms with Gasteiger partial charge in [-0.05, 0) is 45.0 Å². The number of nitrogens with one attached hydrogen (secondary N) is 1. The number of hydrogen-bond acceptors (Lipinski definition) is 3. The molecular formula is C15H23N3S. The maximum Gasteiger partial charge on any atom is 0.106 e. The lowest BCUT2D eigenvalue weighted by Crippen LogP contribution is -2.41. The molecule has 1 atom stereocenters. The lowest BCUT2D eigenvalue weighted by molar-refractivity contribution is 0.194. The number of nitrogens with zero attached hydrogens (tertiary/aromatic N) is 1. The van der Waals surface area contributed by atoms with Gasteiger partial charge in [0.25, 0.3) is 0 Å². The molecule has 1 unspecified atom stereocenters. The summed E-state index contributed by atoms with van der Waals surface area (Å²) in [5, 5.41) is 3.55. The monoisotopic (exact) mass is 277 g/mol. The molecule has 1 aliphatic rings. The molecule has 3 nitrogen and oxygen atoms in total. The van der Waals surface area contributed by atoms with E-state index >= 15 is 0 Å². The molecule has 4 heteroatoms. The quantitative estimate of drug-likeness (QED) is 0.830. The summed E-state index contributed by atoms with van der Waals surface area (Å²) in [6.07, 6.45) is 3.90. The van der Waals surface area contributed by atoms with E-state index in [0.717, 1.165) is 17.8 Å². The molecule has 1 fully saturated rings. The molecule has 0 aromatic heterocycles. The van der Waals surface area contributed by atoms with Crippen LogP contribution in [0.15, 0.2) is 18.2 Å². The Hall–Kier alpha value is -1.13. The molecule has 0 amide bonds. The third-order valence-electron chi connectivity index (χ3n) is 3.97. The Labute approximate surface area is 121 Å². The van der Waals surface area contributed by atoms with E-state index in [0.29, 0.717) is 11.0 Å². The van der Waals surface area contributed by atoms with Crippen molar-refractivity contribution in [3.63, 3.8) is 0 Å². The summed E-state index contributed by atoms with van der Waals surface area (Å²) in [6, 6.07) is 6.69. The Morgan fingerprint density at radius 2 is 2.26 bits per heavy atom. The Morgan fingerprint density at radius 3 is 2.95 bits per heavy atom. The van der Waals surface area contributed by atoms with E-state index < -0.39 is 0 Å². The Kier molecular flexibility index (Phi) is 4.77. The van der Waals surface area contributed by atoms with Crippen LogP contribution in [0.2, 0.25) is 0 Å². The molecule has 1 aromatic rings. The number of likely N-dealkylation sites (N-methyl/N-ethyl adjacent to an activating group) is 1. The molecule has 0 aliphatic carbocycles. The second-order valence-electron chi connectivity index (χ2n) is 5.37. The van der Waals surface area contributed by atoms with Crippen molar-refractivity contribution in [3.8, 4) is 0 Å². The second kappa shape index (κ2) is 6.35. The van der Waals surface area contributed by atoms with Gasteiger partial charge in [0.15, 0.2) is 0 Å². The fraction of sp³-hybridized carbons (Fsp3) is 0.533. The summed E-state index contributed by atoms with van der Waals surface area (Å²) in [6.45, 7) is 4.24. The summed E-state index contributed by atoms with van der Waals surface area (Å²) in [5.74, 6) is 0. The highest BCUT2D eigenvalue weighted by atomic mass is 32.1. The highest BCUT2D eigenvalue weighted by Crippen LogP contribution is 2.22. The largest absolute Gasteiger partial charge is 0.389 e. The maximum absolute atomic E-state index is 5.80. The lowest BCUT2D eigenvalue weighted by atomic mass is 10.0. The summed E-state index contributed by atoms with van der Waals surface area (Å²) in [7, 11) is 2.21. The number of rotatable bonds is 4. The van der Waals surface area contributed by atoms with Crippen molar-refractivity contribution < 1.29 is 0 Å². The van der Waals surface area contributed by atoms with E-state index in [4.69, 9.17) is 18.0 Å². The molecule has 0 bridgehead atoms. The van der Waals surface area contributed by atoms with Crippen LogP contribution in [-0.2, 0) is 0 Å². The minimum Gasteiger partial charge on any atom is -0.389 e. The van der Waals surface area contributed by atoms with Crippen molar-refractivity contribution in [1.29, 1.82) is 0 Å². The van der Waals surface area contributed by atoms with Crippen molar-refractivity contribution in [3.05, 3.63) is 29.3 Å². The molecule has 104 valence electrons. The van der Waals surface area contributed by atoms with Gasteiger partial charge in [0.1, 0.15) is 4.99 Å². The summed E-state index contributed by atoms with van der Waals surface area (Å²) in [5.41, 5.74) is 9.04. The zero-order valence-corrected chi connectivity index (χ0v) is 12.6.